The molecular formula is C12H6FNO2. The van der Waals surface area contributed by atoms with Crippen molar-refractivity contribution in [3.8, 4) is 17.4 Å². The second kappa shape index (κ2) is 3.99. The van der Waals surface area contributed by atoms with Crippen LogP contribution >= 0.6 is 0 Å². The Morgan fingerprint density at radius 2 is 2.12 bits per heavy atom. The molecule has 1 aromatic heterocycles. The lowest BCUT2D eigenvalue weighted by atomic mass is 10.1. The predicted octanol–water partition coefficient (Wildman–Crippen LogP) is 2.77. The largest absolute Gasteiger partial charge is 0.453 e. The summed E-state index contributed by atoms with van der Waals surface area (Å²) in [6.45, 7) is 0. The van der Waals surface area contributed by atoms with Crippen LogP contribution in [0, 0.1) is 17.1 Å². The lowest BCUT2D eigenvalue weighted by molar-refractivity contribution is 0.110. The summed E-state index contributed by atoms with van der Waals surface area (Å²) in [5.74, 6) is -0.145. The molecule has 2 aromatic rings. The van der Waals surface area contributed by atoms with Gasteiger partial charge in [0.05, 0.1) is 17.2 Å². The molecule has 78 valence electrons. The third-order valence-corrected chi connectivity index (χ3v) is 2.11. The highest BCUT2D eigenvalue weighted by molar-refractivity contribution is 5.73. The Bertz CT molecular complexity index is 581. The number of nitriles is 1. The number of benzene rings is 1. The summed E-state index contributed by atoms with van der Waals surface area (Å²) in [6, 6.07) is 8.86. The van der Waals surface area contributed by atoms with Crippen LogP contribution in [0.3, 0.4) is 0 Å². The van der Waals surface area contributed by atoms with Gasteiger partial charge in [-0.2, -0.15) is 5.26 Å². The van der Waals surface area contributed by atoms with E-state index in [-0.39, 0.29) is 22.6 Å². The average molecular weight is 215 g/mol. The van der Waals surface area contributed by atoms with Crippen LogP contribution in [0.5, 0.6) is 0 Å². The van der Waals surface area contributed by atoms with E-state index >= 15 is 0 Å². The van der Waals surface area contributed by atoms with Crippen LogP contribution in [0.15, 0.2) is 34.7 Å². The first kappa shape index (κ1) is 10.1. The fourth-order valence-electron chi connectivity index (χ4n) is 1.35. The van der Waals surface area contributed by atoms with Crippen molar-refractivity contribution in [1.29, 1.82) is 5.26 Å². The molecule has 0 aliphatic rings. The van der Waals surface area contributed by atoms with Crippen molar-refractivity contribution >= 4 is 6.29 Å². The van der Waals surface area contributed by atoms with Gasteiger partial charge >= 0.3 is 0 Å². The molecule has 16 heavy (non-hydrogen) atoms. The second-order valence-corrected chi connectivity index (χ2v) is 3.13. The third-order valence-electron chi connectivity index (χ3n) is 2.11. The van der Waals surface area contributed by atoms with Crippen LogP contribution in [-0.4, -0.2) is 6.29 Å². The zero-order valence-electron chi connectivity index (χ0n) is 8.11. The van der Waals surface area contributed by atoms with Gasteiger partial charge in [0, 0.05) is 0 Å². The van der Waals surface area contributed by atoms with Crippen LogP contribution in [0.1, 0.15) is 16.1 Å². The van der Waals surface area contributed by atoms with Gasteiger partial charge in [0.2, 0.25) is 0 Å². The smallest absolute Gasteiger partial charge is 0.185 e. The number of rotatable bonds is 2. The lowest BCUT2D eigenvalue weighted by Crippen LogP contribution is -1.84. The van der Waals surface area contributed by atoms with Gasteiger partial charge in [0.25, 0.3) is 0 Å². The number of halogens is 1. The summed E-state index contributed by atoms with van der Waals surface area (Å²) in [5, 5.41) is 8.58. The van der Waals surface area contributed by atoms with E-state index in [1.807, 2.05) is 6.07 Å². The van der Waals surface area contributed by atoms with E-state index in [4.69, 9.17) is 9.68 Å². The SMILES string of the molecule is N#Cc1ccc(-c2ccc(C=O)o2)c(F)c1. The highest BCUT2D eigenvalue weighted by Gasteiger charge is 2.10. The first-order valence-corrected chi connectivity index (χ1v) is 4.49. The summed E-state index contributed by atoms with van der Waals surface area (Å²) < 4.78 is 18.6. The van der Waals surface area contributed by atoms with Crippen molar-refractivity contribution in [2.24, 2.45) is 0 Å². The molecule has 0 unspecified atom stereocenters. The summed E-state index contributed by atoms with van der Waals surface area (Å²) in [6.07, 6.45) is 0.547. The molecule has 0 atom stereocenters. The number of furan rings is 1. The van der Waals surface area contributed by atoms with E-state index in [0.717, 1.165) is 6.07 Å². The Morgan fingerprint density at radius 1 is 1.31 bits per heavy atom. The van der Waals surface area contributed by atoms with E-state index in [1.165, 1.54) is 24.3 Å². The van der Waals surface area contributed by atoms with Gasteiger partial charge in [-0.25, -0.2) is 4.39 Å². The van der Waals surface area contributed by atoms with Crippen LogP contribution in [0.4, 0.5) is 4.39 Å². The standard InChI is InChI=1S/C12H6FNO2/c13-11-5-8(6-14)1-3-10(11)12-4-2-9(7-15)16-12/h1-5,7H. The third kappa shape index (κ3) is 1.71. The molecule has 0 spiro atoms. The Hall–Kier alpha value is -2.41. The summed E-state index contributed by atoms with van der Waals surface area (Å²) >= 11 is 0. The van der Waals surface area contributed by atoms with E-state index in [2.05, 4.69) is 0 Å². The van der Waals surface area contributed by atoms with E-state index in [0.29, 0.717) is 6.29 Å². The molecule has 0 aliphatic carbocycles. The summed E-state index contributed by atoms with van der Waals surface area (Å²) in [4.78, 5) is 10.4. The average Bonchev–Trinajstić information content (AvgIpc) is 2.77. The summed E-state index contributed by atoms with van der Waals surface area (Å²) in [7, 11) is 0. The number of carbonyl (C=O) groups is 1. The van der Waals surface area contributed by atoms with Crippen molar-refractivity contribution in [1.82, 2.24) is 0 Å². The monoisotopic (exact) mass is 215 g/mol. The molecule has 1 aromatic carbocycles. The zero-order chi connectivity index (χ0) is 11.5. The maximum Gasteiger partial charge on any atom is 0.185 e. The molecule has 1 heterocycles. The molecule has 3 nitrogen and oxygen atoms in total. The molecule has 0 saturated heterocycles. The van der Waals surface area contributed by atoms with Gasteiger partial charge in [0.1, 0.15) is 11.6 Å². The Balaban J connectivity index is 2.48. The molecule has 0 saturated carbocycles. The molecule has 0 N–H and O–H groups in total. The van der Waals surface area contributed by atoms with Crippen molar-refractivity contribution in [2.75, 3.05) is 0 Å². The minimum atomic E-state index is -0.550. The Morgan fingerprint density at radius 3 is 2.69 bits per heavy atom. The molecule has 0 aliphatic heterocycles. The Kier molecular flexibility index (Phi) is 2.52. The number of carbonyl (C=O) groups excluding carboxylic acids is 1. The molecule has 2 rings (SSSR count). The molecule has 0 fully saturated rings. The quantitative estimate of drug-likeness (QED) is 0.723. The number of hydrogen-bond acceptors (Lipinski definition) is 3. The molecule has 4 heteroatoms. The van der Waals surface area contributed by atoms with Crippen LogP contribution < -0.4 is 0 Å². The zero-order valence-corrected chi connectivity index (χ0v) is 8.11. The van der Waals surface area contributed by atoms with Crippen molar-refractivity contribution in [3.63, 3.8) is 0 Å². The van der Waals surface area contributed by atoms with E-state index in [9.17, 15) is 9.18 Å². The van der Waals surface area contributed by atoms with Gasteiger partial charge in [-0.3, -0.25) is 4.79 Å². The topological polar surface area (TPSA) is 54.0 Å². The van der Waals surface area contributed by atoms with Crippen LogP contribution in [0.2, 0.25) is 0 Å². The van der Waals surface area contributed by atoms with Gasteiger partial charge in [-0.05, 0) is 30.3 Å². The fraction of sp³-hybridized carbons (Fsp3) is 0. The predicted molar refractivity (Wildman–Crippen MR) is 54.2 cm³/mol. The van der Waals surface area contributed by atoms with Gasteiger partial charge in [-0.1, -0.05) is 0 Å². The van der Waals surface area contributed by atoms with E-state index < -0.39 is 5.82 Å². The molecule has 0 bridgehead atoms. The van der Waals surface area contributed by atoms with Crippen molar-refractivity contribution in [3.05, 3.63) is 47.5 Å². The lowest BCUT2D eigenvalue weighted by Gasteiger charge is -1.99. The molecule has 0 amide bonds. The first-order valence-electron chi connectivity index (χ1n) is 4.49. The molecular weight excluding hydrogens is 209 g/mol. The fourth-order valence-corrected chi connectivity index (χ4v) is 1.35. The maximum atomic E-state index is 13.5. The van der Waals surface area contributed by atoms with Gasteiger partial charge in [0.15, 0.2) is 12.0 Å². The van der Waals surface area contributed by atoms with Crippen LogP contribution in [0.25, 0.3) is 11.3 Å². The first-order chi connectivity index (χ1) is 7.74. The summed E-state index contributed by atoms with van der Waals surface area (Å²) in [5.41, 5.74) is 0.468. The minimum Gasteiger partial charge on any atom is -0.453 e. The highest BCUT2D eigenvalue weighted by atomic mass is 19.1. The maximum absolute atomic E-state index is 13.5. The number of aldehydes is 1. The molecule has 0 radical (unpaired) electrons. The minimum absolute atomic E-state index is 0.138. The van der Waals surface area contributed by atoms with Crippen molar-refractivity contribution < 1.29 is 13.6 Å². The number of nitrogens with zero attached hydrogens (tertiary/aromatic N) is 1. The van der Waals surface area contributed by atoms with E-state index in [1.54, 1.807) is 0 Å². The van der Waals surface area contributed by atoms with Gasteiger partial charge in [-0.15, -0.1) is 0 Å². The van der Waals surface area contributed by atoms with Crippen LogP contribution in [-0.2, 0) is 0 Å². The van der Waals surface area contributed by atoms with Gasteiger partial charge < -0.3 is 4.42 Å². The number of hydrogen-bond donors (Lipinski definition) is 0. The highest BCUT2D eigenvalue weighted by Crippen LogP contribution is 2.25. The second-order valence-electron chi connectivity index (χ2n) is 3.13. The van der Waals surface area contributed by atoms with Crippen molar-refractivity contribution in [2.45, 2.75) is 0 Å². The normalized spacial score (nSPS) is 9.75. The Labute approximate surface area is 90.7 Å².